The third kappa shape index (κ3) is 4.53. The van der Waals surface area contributed by atoms with Gasteiger partial charge in [0.1, 0.15) is 16.9 Å². The Morgan fingerprint density at radius 3 is 2.85 bits per heavy atom. The Morgan fingerprint density at radius 1 is 1.21 bits per heavy atom. The van der Waals surface area contributed by atoms with Crippen molar-refractivity contribution in [2.75, 3.05) is 23.3 Å². The molecule has 3 aromatic carbocycles. The molecule has 0 unspecified atom stereocenters. The number of aliphatic hydroxyl groups excluding tert-OH is 1. The van der Waals surface area contributed by atoms with Crippen LogP contribution in [0.1, 0.15) is 24.9 Å². The lowest BCUT2D eigenvalue weighted by Crippen LogP contribution is -2.47. The fourth-order valence-electron chi connectivity index (χ4n) is 5.50. The fraction of sp³-hybridized carbons (Fsp3) is 0.259. The van der Waals surface area contributed by atoms with Gasteiger partial charge < -0.3 is 24.5 Å². The van der Waals surface area contributed by atoms with Gasteiger partial charge in [-0.2, -0.15) is 15.4 Å². The number of nitrogens with one attached hydrogen (secondary N) is 3. The number of H-pyrrole nitrogens is 1. The summed E-state index contributed by atoms with van der Waals surface area (Å²) in [6, 6.07) is 14.8. The molecule has 1 fully saturated rings. The second kappa shape index (κ2) is 9.83. The van der Waals surface area contributed by atoms with Crippen molar-refractivity contribution in [2.45, 2.75) is 32.0 Å². The van der Waals surface area contributed by atoms with E-state index < -0.39 is 18.0 Å². The number of imidazole rings is 1. The Kier molecular flexibility index (Phi) is 6.32. The first kappa shape index (κ1) is 25.1. The number of rotatable bonds is 5. The van der Waals surface area contributed by atoms with E-state index >= 15 is 0 Å². The third-order valence-electron chi connectivity index (χ3n) is 7.22. The van der Waals surface area contributed by atoms with E-state index in [-0.39, 0.29) is 18.1 Å². The number of carbonyl (C=O) groups excluding carboxylic acids is 1. The van der Waals surface area contributed by atoms with Gasteiger partial charge in [-0.05, 0) is 48.9 Å². The zero-order valence-electron chi connectivity index (χ0n) is 21.0. The van der Waals surface area contributed by atoms with Crippen molar-refractivity contribution in [2.24, 2.45) is 0 Å². The molecule has 12 heteroatoms. The molecule has 1 aliphatic rings. The lowest BCUT2D eigenvalue weighted by atomic mass is 10.00. The number of aromatic amines is 1. The predicted molar refractivity (Wildman–Crippen MR) is 146 cm³/mol. The highest BCUT2D eigenvalue weighted by molar-refractivity contribution is 6.31. The number of hydrogen-bond donors (Lipinski definition) is 4. The van der Waals surface area contributed by atoms with E-state index in [9.17, 15) is 14.3 Å². The summed E-state index contributed by atoms with van der Waals surface area (Å²) in [5, 5.41) is 34.9. The number of amides is 1. The molecule has 0 saturated carbocycles. The molecule has 1 amide bonds. The smallest absolute Gasteiger partial charge is 0.221 e. The van der Waals surface area contributed by atoms with E-state index in [1.807, 2.05) is 23.1 Å². The van der Waals surface area contributed by atoms with Gasteiger partial charge in [0.25, 0.3) is 0 Å². The van der Waals surface area contributed by atoms with Gasteiger partial charge >= 0.3 is 0 Å². The van der Waals surface area contributed by atoms with Crippen molar-refractivity contribution < 1.29 is 14.3 Å². The number of aromatic nitrogens is 5. The number of carbonyl (C=O) groups is 1. The van der Waals surface area contributed by atoms with Crippen molar-refractivity contribution in [3.63, 3.8) is 0 Å². The summed E-state index contributed by atoms with van der Waals surface area (Å²) in [6.07, 6.45) is -0.392. The monoisotopic (exact) mass is 548 g/mol. The fourth-order valence-corrected chi connectivity index (χ4v) is 5.66. The molecule has 6 rings (SSSR count). The summed E-state index contributed by atoms with van der Waals surface area (Å²) in [7, 11) is 0. The lowest BCUT2D eigenvalue weighted by molar-refractivity contribution is -0.114. The number of nitrogens with zero attached hydrogens (tertiary/aromatic N) is 5. The molecule has 3 heterocycles. The Morgan fingerprint density at radius 2 is 2.05 bits per heavy atom. The zero-order valence-corrected chi connectivity index (χ0v) is 21.8. The normalized spacial score (nSPS) is 17.7. The average molecular weight is 549 g/mol. The Balaban J connectivity index is 1.37. The number of piperidine rings is 1. The predicted octanol–water partition coefficient (Wildman–Crippen LogP) is 3.81. The molecule has 2 atom stereocenters. The summed E-state index contributed by atoms with van der Waals surface area (Å²) >= 11 is 6.25. The number of halogens is 2. The molecule has 0 bridgehead atoms. The van der Waals surface area contributed by atoms with E-state index in [4.69, 9.17) is 17.0 Å². The van der Waals surface area contributed by atoms with Crippen molar-refractivity contribution in [3.05, 3.63) is 76.6 Å². The number of fused-ring (bicyclic) bond motifs is 2. The highest BCUT2D eigenvalue weighted by Crippen LogP contribution is 2.35. The second-order valence-electron chi connectivity index (χ2n) is 9.73. The van der Waals surface area contributed by atoms with Gasteiger partial charge in [-0.3, -0.25) is 10.2 Å². The molecule has 4 N–H and O–H groups in total. The van der Waals surface area contributed by atoms with Gasteiger partial charge in [0.2, 0.25) is 11.5 Å². The number of anilines is 2. The van der Waals surface area contributed by atoms with Gasteiger partial charge in [0, 0.05) is 30.6 Å². The van der Waals surface area contributed by atoms with Crippen LogP contribution in [0, 0.1) is 11.2 Å². The molecule has 2 aromatic heterocycles. The number of aliphatic hydroxyl groups is 1. The molecule has 200 valence electrons. The van der Waals surface area contributed by atoms with Crippen LogP contribution in [0.25, 0.3) is 22.1 Å². The van der Waals surface area contributed by atoms with Crippen LogP contribution in [0.2, 0.25) is 5.02 Å². The van der Waals surface area contributed by atoms with E-state index in [0.717, 1.165) is 11.1 Å². The van der Waals surface area contributed by atoms with Crippen molar-refractivity contribution in [1.29, 1.82) is 5.41 Å². The Labute approximate surface area is 227 Å². The van der Waals surface area contributed by atoms with Gasteiger partial charge in [0.05, 0.1) is 41.1 Å². The number of hydrogen-bond acceptors (Lipinski definition) is 6. The largest absolute Gasteiger partial charge is 0.389 e. The topological polar surface area (TPSA) is 128 Å². The molecule has 5 aromatic rings. The summed E-state index contributed by atoms with van der Waals surface area (Å²) in [5.74, 6) is -0.627. The van der Waals surface area contributed by atoms with Crippen molar-refractivity contribution >= 4 is 50.9 Å². The standard InChI is InChI=1S/C27H26ClFN8O2/c1-15(38)31-19-7-5-17(28)11-23(19)35-10-9-22(25(39)14-35)37-24-12-18(29)6-8-21(24)36(27(37)30)13-16-3-2-4-20-26(16)33-34-32-20/h2-8,11-12,22,25,30,39H,9-10,13-14H2,1H3,(H,31,38)(H,32,33,34)/t22-,25-/m1/s1. The van der Waals surface area contributed by atoms with Crippen molar-refractivity contribution in [1.82, 2.24) is 24.5 Å². The molecule has 1 saturated heterocycles. The summed E-state index contributed by atoms with van der Waals surface area (Å²) in [5.41, 5.74) is 4.97. The van der Waals surface area contributed by atoms with Crippen LogP contribution >= 0.6 is 11.6 Å². The van der Waals surface area contributed by atoms with E-state index in [1.54, 1.807) is 33.4 Å². The van der Waals surface area contributed by atoms with Crippen LogP contribution in [-0.4, -0.2) is 54.8 Å². The second-order valence-corrected chi connectivity index (χ2v) is 10.2. The minimum absolute atomic E-state index is 0.148. The summed E-state index contributed by atoms with van der Waals surface area (Å²) in [4.78, 5) is 13.7. The van der Waals surface area contributed by atoms with Crippen LogP contribution in [-0.2, 0) is 11.3 Å². The Bertz CT molecular complexity index is 1780. The van der Waals surface area contributed by atoms with Gasteiger partial charge in [0.15, 0.2) is 0 Å². The maximum atomic E-state index is 14.5. The molecule has 0 spiro atoms. The zero-order chi connectivity index (χ0) is 27.3. The molecule has 39 heavy (non-hydrogen) atoms. The highest BCUT2D eigenvalue weighted by Gasteiger charge is 2.32. The van der Waals surface area contributed by atoms with E-state index in [1.165, 1.54) is 19.1 Å². The third-order valence-corrected chi connectivity index (χ3v) is 7.45. The summed E-state index contributed by atoms with van der Waals surface area (Å²) < 4.78 is 18.0. The van der Waals surface area contributed by atoms with Gasteiger partial charge in [-0.1, -0.05) is 23.7 Å². The number of benzene rings is 3. The van der Waals surface area contributed by atoms with E-state index in [2.05, 4.69) is 20.7 Å². The maximum Gasteiger partial charge on any atom is 0.221 e. The molecule has 10 nitrogen and oxygen atoms in total. The molecule has 1 aliphatic heterocycles. The van der Waals surface area contributed by atoms with Crippen LogP contribution < -0.4 is 15.8 Å². The van der Waals surface area contributed by atoms with Crippen LogP contribution in [0.3, 0.4) is 0 Å². The van der Waals surface area contributed by atoms with Crippen LogP contribution in [0.4, 0.5) is 15.8 Å². The van der Waals surface area contributed by atoms with Crippen LogP contribution in [0.15, 0.2) is 54.6 Å². The highest BCUT2D eigenvalue weighted by atomic mass is 35.5. The minimum atomic E-state index is -0.877. The first-order chi connectivity index (χ1) is 18.8. The first-order valence-electron chi connectivity index (χ1n) is 12.5. The molecule has 0 aliphatic carbocycles. The van der Waals surface area contributed by atoms with Gasteiger partial charge in [-0.15, -0.1) is 0 Å². The maximum absolute atomic E-state index is 14.5. The number of para-hydroxylation sites is 1. The van der Waals surface area contributed by atoms with Crippen LogP contribution in [0.5, 0.6) is 0 Å². The SMILES string of the molecule is CC(=O)Nc1ccc(Cl)cc1N1CC[C@@H](n2c(=N)n(Cc3cccc4n[nH]nc34)c3ccc(F)cc32)[C@H](O)C1. The Hall–Kier alpha value is -4.22. The summed E-state index contributed by atoms with van der Waals surface area (Å²) in [6.45, 7) is 2.53. The number of β-amino-alcohol motifs (C(OH)–C–C–N with tert-alkyl or cyclic N) is 1. The first-order valence-corrected chi connectivity index (χ1v) is 12.9. The molecular formula is C27H26ClFN8O2. The van der Waals surface area contributed by atoms with Crippen molar-refractivity contribution in [3.8, 4) is 0 Å². The van der Waals surface area contributed by atoms with Gasteiger partial charge in [-0.25, -0.2) is 4.39 Å². The lowest BCUT2D eigenvalue weighted by Gasteiger charge is -2.38. The van der Waals surface area contributed by atoms with E-state index in [0.29, 0.717) is 52.5 Å². The minimum Gasteiger partial charge on any atom is -0.389 e. The molecule has 0 radical (unpaired) electrons. The average Bonchev–Trinajstić information content (AvgIpc) is 3.48. The quantitative estimate of drug-likeness (QED) is 0.265. The molecular weight excluding hydrogens is 523 g/mol.